The molecule has 1 aliphatic rings. The molecule has 6 rings (SSSR count). The molecule has 0 radical (unpaired) electrons. The molecule has 4 heterocycles. The van der Waals surface area contributed by atoms with E-state index in [2.05, 4.69) is 25.5 Å². The number of amides is 1. The van der Waals surface area contributed by atoms with Gasteiger partial charge in [-0.25, -0.2) is 9.97 Å². The number of carbonyl (C=O) groups excluding carboxylic acids is 2. The summed E-state index contributed by atoms with van der Waals surface area (Å²) in [6.45, 7) is -2.00. The van der Waals surface area contributed by atoms with Gasteiger partial charge in [-0.15, -0.1) is 0 Å². The molecule has 0 bridgehead atoms. The summed E-state index contributed by atoms with van der Waals surface area (Å²) in [6, 6.07) is 10.8. The van der Waals surface area contributed by atoms with E-state index >= 15 is 0 Å². The van der Waals surface area contributed by atoms with Crippen molar-refractivity contribution in [2.45, 2.75) is 50.4 Å². The second kappa shape index (κ2) is 14.7. The van der Waals surface area contributed by atoms with Crippen LogP contribution in [-0.2, 0) is 30.6 Å². The molecular formula is C34H30F6N8O5. The number of ether oxygens (including phenoxy) is 1. The minimum absolute atomic E-state index is 0.0196. The van der Waals surface area contributed by atoms with Gasteiger partial charge in [0.25, 0.3) is 11.5 Å². The number of rotatable bonds is 11. The zero-order valence-electron chi connectivity index (χ0n) is 27.6. The van der Waals surface area contributed by atoms with Crippen LogP contribution in [0.3, 0.4) is 0 Å². The maximum absolute atomic E-state index is 14.1. The normalized spacial score (nSPS) is 15.0. The Labute approximate surface area is 295 Å². The van der Waals surface area contributed by atoms with Crippen LogP contribution in [-0.4, -0.2) is 82.7 Å². The number of piperidine rings is 1. The number of aromatic nitrogens is 6. The topological polar surface area (TPSA) is 157 Å². The smallest absolute Gasteiger partial charge is 0.422 e. The van der Waals surface area contributed by atoms with Gasteiger partial charge in [-0.3, -0.25) is 23.9 Å². The summed E-state index contributed by atoms with van der Waals surface area (Å²) in [5, 5.41) is 21.6. The number of nitrogens with zero attached hydrogens (tertiary/aromatic N) is 7. The third-order valence-corrected chi connectivity index (χ3v) is 8.58. The van der Waals surface area contributed by atoms with Crippen LogP contribution in [0.5, 0.6) is 5.75 Å². The molecule has 1 amide bonds. The van der Waals surface area contributed by atoms with Crippen LogP contribution < -0.4 is 15.6 Å². The van der Waals surface area contributed by atoms with Gasteiger partial charge in [0, 0.05) is 31.4 Å². The first-order valence-corrected chi connectivity index (χ1v) is 16.1. The second-order valence-corrected chi connectivity index (χ2v) is 12.3. The predicted molar refractivity (Wildman–Crippen MR) is 174 cm³/mol. The van der Waals surface area contributed by atoms with Gasteiger partial charge in [-0.2, -0.15) is 41.3 Å². The van der Waals surface area contributed by atoms with Crippen LogP contribution >= 0.6 is 0 Å². The third kappa shape index (κ3) is 8.69. The summed E-state index contributed by atoms with van der Waals surface area (Å²) in [5.74, 6) is -1.57. The van der Waals surface area contributed by atoms with E-state index in [-0.39, 0.29) is 79.4 Å². The molecule has 3 aromatic heterocycles. The fourth-order valence-corrected chi connectivity index (χ4v) is 5.78. The Morgan fingerprint density at radius 2 is 1.64 bits per heavy atom. The summed E-state index contributed by atoms with van der Waals surface area (Å²) < 4.78 is 84.8. The van der Waals surface area contributed by atoms with E-state index in [4.69, 9.17) is 4.74 Å². The van der Waals surface area contributed by atoms with Gasteiger partial charge in [-0.1, -0.05) is 12.1 Å². The fourth-order valence-electron chi connectivity index (χ4n) is 5.78. The molecule has 0 atom stereocenters. The molecule has 13 nitrogen and oxygen atoms in total. The van der Waals surface area contributed by atoms with Crippen LogP contribution in [0.2, 0.25) is 0 Å². The highest BCUT2D eigenvalue weighted by Crippen LogP contribution is 2.31. The van der Waals surface area contributed by atoms with Gasteiger partial charge >= 0.3 is 12.4 Å². The lowest BCUT2D eigenvalue weighted by Crippen LogP contribution is -2.53. The van der Waals surface area contributed by atoms with E-state index in [9.17, 15) is 45.8 Å². The summed E-state index contributed by atoms with van der Waals surface area (Å²) >= 11 is 0. The van der Waals surface area contributed by atoms with Crippen LogP contribution in [0.1, 0.15) is 40.2 Å². The molecule has 2 N–H and O–H groups in total. The number of ketones is 1. The SMILES string of the molecule is O=C(Cn1nccn1)c1ccc(OCC(F)(F)F)c(-n2c(CN3CCC(O)(C(=O)NCc4ccc(C(F)(F)F)cc4)CC3)nc3ncccc3c2=O)c1. The average Bonchev–Trinajstić information content (AvgIpc) is 3.63. The van der Waals surface area contributed by atoms with Crippen LogP contribution in [0.25, 0.3) is 16.7 Å². The fraction of sp³-hybridized carbons (Fsp3) is 0.324. The van der Waals surface area contributed by atoms with Crippen molar-refractivity contribution in [1.82, 2.24) is 39.7 Å². The number of hydrogen-bond acceptors (Lipinski definition) is 10. The molecule has 5 aromatic rings. The Balaban J connectivity index is 1.26. The first kappa shape index (κ1) is 37.1. The molecule has 0 saturated carbocycles. The Morgan fingerprint density at radius 1 is 0.943 bits per heavy atom. The van der Waals surface area contributed by atoms with Crippen molar-refractivity contribution in [2.75, 3.05) is 19.7 Å². The van der Waals surface area contributed by atoms with E-state index in [1.807, 2.05) is 0 Å². The molecule has 2 aromatic carbocycles. The highest BCUT2D eigenvalue weighted by molar-refractivity contribution is 5.96. The molecule has 0 spiro atoms. The highest BCUT2D eigenvalue weighted by atomic mass is 19.4. The first-order chi connectivity index (χ1) is 25.1. The number of halogens is 6. The number of nitrogens with one attached hydrogen (secondary N) is 1. The van der Waals surface area contributed by atoms with Crippen molar-refractivity contribution >= 4 is 22.7 Å². The molecule has 53 heavy (non-hydrogen) atoms. The highest BCUT2D eigenvalue weighted by Gasteiger charge is 2.40. The maximum Gasteiger partial charge on any atom is 0.422 e. The monoisotopic (exact) mass is 744 g/mol. The Kier molecular flexibility index (Phi) is 10.3. The van der Waals surface area contributed by atoms with Gasteiger partial charge in [0.1, 0.15) is 23.7 Å². The minimum Gasteiger partial charge on any atom is -0.482 e. The molecule has 278 valence electrons. The van der Waals surface area contributed by atoms with E-state index in [0.29, 0.717) is 5.56 Å². The van der Waals surface area contributed by atoms with E-state index in [0.717, 1.165) is 27.6 Å². The molecule has 1 saturated heterocycles. The van der Waals surface area contributed by atoms with Crippen molar-refractivity contribution in [1.29, 1.82) is 0 Å². The van der Waals surface area contributed by atoms with Crippen molar-refractivity contribution in [3.63, 3.8) is 0 Å². The number of aliphatic hydroxyl groups is 1. The zero-order chi connectivity index (χ0) is 38.0. The summed E-state index contributed by atoms with van der Waals surface area (Å²) in [6.07, 6.45) is -5.25. The lowest BCUT2D eigenvalue weighted by Gasteiger charge is -2.37. The van der Waals surface area contributed by atoms with Gasteiger partial charge in [-0.05, 0) is 60.9 Å². The van der Waals surface area contributed by atoms with E-state index in [1.165, 1.54) is 55.0 Å². The quantitative estimate of drug-likeness (QED) is 0.150. The van der Waals surface area contributed by atoms with Crippen molar-refractivity contribution in [2.24, 2.45) is 0 Å². The second-order valence-electron chi connectivity index (χ2n) is 12.3. The summed E-state index contributed by atoms with van der Waals surface area (Å²) in [7, 11) is 0. The third-order valence-electron chi connectivity index (χ3n) is 8.58. The molecule has 1 aliphatic heterocycles. The zero-order valence-corrected chi connectivity index (χ0v) is 27.6. The van der Waals surface area contributed by atoms with Crippen molar-refractivity contribution in [3.05, 3.63) is 106 Å². The van der Waals surface area contributed by atoms with Crippen molar-refractivity contribution in [3.8, 4) is 11.4 Å². The molecule has 1 fully saturated rings. The number of carbonyl (C=O) groups is 2. The number of hydrogen-bond donors (Lipinski definition) is 2. The summed E-state index contributed by atoms with van der Waals surface area (Å²) in [5.41, 5.74) is -3.09. The lowest BCUT2D eigenvalue weighted by atomic mass is 9.90. The minimum atomic E-state index is -4.73. The number of benzene rings is 2. The number of alkyl halides is 6. The van der Waals surface area contributed by atoms with E-state index in [1.54, 1.807) is 4.90 Å². The van der Waals surface area contributed by atoms with Crippen LogP contribution in [0.4, 0.5) is 26.3 Å². The van der Waals surface area contributed by atoms with Gasteiger partial charge in [0.15, 0.2) is 18.0 Å². The van der Waals surface area contributed by atoms with Gasteiger partial charge in [0.05, 0.1) is 35.6 Å². The molecule has 0 unspecified atom stereocenters. The standard InChI is InChI=1S/C34H30F6N8O5/c35-33(36,37)20-53-27-8-5-22(26(49)18-47-43-12-13-44-47)16-25(27)48-28(45-29-24(30(48)50)2-1-11-41-29)19-46-14-9-32(52,10-15-46)31(51)42-17-21-3-6-23(7-4-21)34(38,39)40/h1-8,11-13,16,52H,9-10,14-15,17-20H2,(H,42,51). The van der Waals surface area contributed by atoms with Gasteiger partial charge < -0.3 is 15.2 Å². The van der Waals surface area contributed by atoms with Crippen LogP contribution in [0, 0.1) is 0 Å². The number of pyridine rings is 1. The maximum atomic E-state index is 14.1. The van der Waals surface area contributed by atoms with Crippen LogP contribution in [0.15, 0.2) is 78.0 Å². The Hall–Kier alpha value is -5.69. The molecule has 19 heteroatoms. The predicted octanol–water partition coefficient (Wildman–Crippen LogP) is 3.86. The van der Waals surface area contributed by atoms with Crippen molar-refractivity contribution < 1.29 is 45.8 Å². The Bertz CT molecular complexity index is 2160. The number of likely N-dealkylation sites (tertiary alicyclic amines) is 1. The average molecular weight is 745 g/mol. The number of Topliss-reactive ketones (excluding diaryl/α,β-unsaturated/α-hetero) is 1. The number of fused-ring (bicyclic) bond motifs is 1. The first-order valence-electron chi connectivity index (χ1n) is 16.1. The van der Waals surface area contributed by atoms with Gasteiger partial charge in [0.2, 0.25) is 0 Å². The summed E-state index contributed by atoms with van der Waals surface area (Å²) in [4.78, 5) is 51.9. The molecular weight excluding hydrogens is 714 g/mol. The largest absolute Gasteiger partial charge is 0.482 e. The Morgan fingerprint density at radius 3 is 2.30 bits per heavy atom. The lowest BCUT2D eigenvalue weighted by molar-refractivity contribution is -0.153. The molecule has 0 aliphatic carbocycles. The van der Waals surface area contributed by atoms with E-state index < -0.39 is 47.4 Å².